The summed E-state index contributed by atoms with van der Waals surface area (Å²) in [6.45, 7) is 2.31. The van der Waals surface area contributed by atoms with Crippen LogP contribution in [0.5, 0.6) is 0 Å². The van der Waals surface area contributed by atoms with E-state index in [1.807, 2.05) is 0 Å². The molecule has 1 amide bonds. The molecule has 0 bridgehead atoms. The molecular formula is C12H17N3O2. The van der Waals surface area contributed by atoms with Gasteiger partial charge in [-0.3, -0.25) is 9.59 Å². The average molecular weight is 235 g/mol. The van der Waals surface area contributed by atoms with Crippen molar-refractivity contribution in [2.24, 2.45) is 7.05 Å². The van der Waals surface area contributed by atoms with E-state index in [9.17, 15) is 9.59 Å². The fourth-order valence-corrected chi connectivity index (χ4v) is 2.36. The normalized spacial score (nSPS) is 19.6. The molecule has 5 nitrogen and oxygen atoms in total. The third-order valence-corrected chi connectivity index (χ3v) is 3.20. The first-order chi connectivity index (χ1) is 8.09. The minimum atomic E-state index is -0.0197. The minimum Gasteiger partial charge on any atom is -0.334 e. The summed E-state index contributed by atoms with van der Waals surface area (Å²) in [7, 11) is 1.80. The molecule has 5 heteroatoms. The Labute approximate surface area is 100 Å². The monoisotopic (exact) mass is 235 g/mol. The van der Waals surface area contributed by atoms with E-state index in [-0.39, 0.29) is 17.7 Å². The Bertz CT molecular complexity index is 439. The lowest BCUT2D eigenvalue weighted by molar-refractivity contribution is -0.117. The summed E-state index contributed by atoms with van der Waals surface area (Å²) in [6, 6.07) is 0.0647. The maximum atomic E-state index is 12.3. The second-order valence-electron chi connectivity index (χ2n) is 4.59. The highest BCUT2D eigenvalue weighted by atomic mass is 16.2. The lowest BCUT2D eigenvalue weighted by atomic mass is 10.1. The number of carbonyl (C=O) groups is 2. The van der Waals surface area contributed by atoms with E-state index in [0.717, 1.165) is 19.4 Å². The molecule has 0 radical (unpaired) electrons. The molecule has 1 fully saturated rings. The third-order valence-electron chi connectivity index (χ3n) is 3.20. The Morgan fingerprint density at radius 1 is 1.53 bits per heavy atom. The van der Waals surface area contributed by atoms with Gasteiger partial charge in [0.15, 0.2) is 0 Å². The van der Waals surface area contributed by atoms with Crippen molar-refractivity contribution in [2.45, 2.75) is 32.2 Å². The lowest BCUT2D eigenvalue weighted by Crippen LogP contribution is -2.37. The van der Waals surface area contributed by atoms with Gasteiger partial charge in [-0.05, 0) is 19.8 Å². The number of nitrogens with zero attached hydrogens (tertiary/aromatic N) is 3. The summed E-state index contributed by atoms with van der Waals surface area (Å²) in [4.78, 5) is 29.2. The molecule has 17 heavy (non-hydrogen) atoms. The van der Waals surface area contributed by atoms with Crippen molar-refractivity contribution in [2.75, 3.05) is 6.54 Å². The van der Waals surface area contributed by atoms with E-state index in [0.29, 0.717) is 12.1 Å². The summed E-state index contributed by atoms with van der Waals surface area (Å²) in [5.41, 5.74) is 0.584. The van der Waals surface area contributed by atoms with Crippen LogP contribution >= 0.6 is 0 Å². The van der Waals surface area contributed by atoms with Crippen LogP contribution in [0.4, 0.5) is 0 Å². The van der Waals surface area contributed by atoms with E-state index in [4.69, 9.17) is 0 Å². The number of carbonyl (C=O) groups excluding carboxylic acids is 2. The van der Waals surface area contributed by atoms with E-state index in [1.165, 1.54) is 0 Å². The van der Waals surface area contributed by atoms with Crippen LogP contribution in [0.3, 0.4) is 0 Å². The number of rotatable bonds is 3. The van der Waals surface area contributed by atoms with Gasteiger partial charge >= 0.3 is 0 Å². The summed E-state index contributed by atoms with van der Waals surface area (Å²) in [5.74, 6) is 0.119. The molecular weight excluding hydrogens is 218 g/mol. The van der Waals surface area contributed by atoms with E-state index < -0.39 is 0 Å². The van der Waals surface area contributed by atoms with Gasteiger partial charge < -0.3 is 9.47 Å². The number of hydrogen-bond donors (Lipinski definition) is 0. The average Bonchev–Trinajstić information content (AvgIpc) is 2.85. The minimum absolute atomic E-state index is 0.0197. The van der Waals surface area contributed by atoms with Crippen LogP contribution in [0.25, 0.3) is 0 Å². The van der Waals surface area contributed by atoms with Crippen LogP contribution < -0.4 is 0 Å². The summed E-state index contributed by atoms with van der Waals surface area (Å²) in [5, 5.41) is 0. The molecule has 1 aromatic heterocycles. The Morgan fingerprint density at radius 2 is 2.29 bits per heavy atom. The van der Waals surface area contributed by atoms with E-state index in [2.05, 4.69) is 4.98 Å². The number of imidazole rings is 1. The quantitative estimate of drug-likeness (QED) is 0.785. The summed E-state index contributed by atoms with van der Waals surface area (Å²) >= 11 is 0. The Balaban J connectivity index is 2.14. The predicted octanol–water partition coefficient (Wildman–Crippen LogP) is 1.00. The molecule has 1 aliphatic heterocycles. The number of Topliss-reactive ketones (excluding diaryl/α,β-unsaturated/α-hetero) is 1. The number of aryl methyl sites for hydroxylation is 1. The largest absolute Gasteiger partial charge is 0.334 e. The topological polar surface area (TPSA) is 55.2 Å². The van der Waals surface area contributed by atoms with Gasteiger partial charge in [0.2, 0.25) is 0 Å². The highest BCUT2D eigenvalue weighted by molar-refractivity contribution is 5.93. The zero-order valence-corrected chi connectivity index (χ0v) is 10.2. The van der Waals surface area contributed by atoms with Gasteiger partial charge in [-0.25, -0.2) is 4.98 Å². The molecule has 0 spiro atoms. The Morgan fingerprint density at radius 3 is 2.88 bits per heavy atom. The number of likely N-dealkylation sites (tertiary alicyclic amines) is 1. The molecule has 0 saturated carbocycles. The SMILES string of the molecule is CC(=O)CC1CCCN1C(=O)c1cncn1C. The van der Waals surface area contributed by atoms with Gasteiger partial charge in [-0.2, -0.15) is 0 Å². The van der Waals surface area contributed by atoms with Gasteiger partial charge in [0.05, 0.1) is 12.5 Å². The Kier molecular flexibility index (Phi) is 3.26. The van der Waals surface area contributed by atoms with Crippen LogP contribution in [-0.4, -0.2) is 38.7 Å². The first kappa shape index (κ1) is 11.8. The molecule has 1 atom stereocenters. The molecule has 0 aromatic carbocycles. The molecule has 2 heterocycles. The van der Waals surface area contributed by atoms with Crippen molar-refractivity contribution in [1.82, 2.24) is 14.5 Å². The maximum Gasteiger partial charge on any atom is 0.272 e. The van der Waals surface area contributed by atoms with Crippen LogP contribution in [-0.2, 0) is 11.8 Å². The molecule has 2 rings (SSSR count). The number of amides is 1. The second-order valence-corrected chi connectivity index (χ2v) is 4.59. The third kappa shape index (κ3) is 2.38. The molecule has 0 N–H and O–H groups in total. The van der Waals surface area contributed by atoms with Crippen LogP contribution in [0, 0.1) is 0 Å². The van der Waals surface area contributed by atoms with Gasteiger partial charge in [-0.15, -0.1) is 0 Å². The van der Waals surface area contributed by atoms with Crippen LogP contribution in [0.2, 0.25) is 0 Å². The van der Waals surface area contributed by atoms with Crippen molar-refractivity contribution in [3.05, 3.63) is 18.2 Å². The molecule has 1 aromatic rings. The highest BCUT2D eigenvalue weighted by Crippen LogP contribution is 2.22. The van der Waals surface area contributed by atoms with Crippen molar-refractivity contribution in [3.63, 3.8) is 0 Å². The molecule has 92 valence electrons. The van der Waals surface area contributed by atoms with Crippen molar-refractivity contribution in [1.29, 1.82) is 0 Å². The zero-order chi connectivity index (χ0) is 12.4. The predicted molar refractivity (Wildman–Crippen MR) is 62.6 cm³/mol. The molecule has 0 aliphatic carbocycles. The smallest absolute Gasteiger partial charge is 0.272 e. The van der Waals surface area contributed by atoms with E-state index in [1.54, 1.807) is 36.0 Å². The summed E-state index contributed by atoms with van der Waals surface area (Å²) in [6.07, 6.45) is 5.54. The first-order valence-electron chi connectivity index (χ1n) is 5.86. The molecule has 1 aliphatic rings. The second kappa shape index (κ2) is 4.69. The Hall–Kier alpha value is -1.65. The first-order valence-corrected chi connectivity index (χ1v) is 5.86. The molecule has 1 saturated heterocycles. The number of aromatic nitrogens is 2. The fourth-order valence-electron chi connectivity index (χ4n) is 2.36. The van der Waals surface area contributed by atoms with Crippen molar-refractivity contribution >= 4 is 11.7 Å². The summed E-state index contributed by atoms with van der Waals surface area (Å²) < 4.78 is 1.71. The maximum absolute atomic E-state index is 12.3. The zero-order valence-electron chi connectivity index (χ0n) is 10.2. The van der Waals surface area contributed by atoms with Gasteiger partial charge in [0.1, 0.15) is 11.5 Å². The van der Waals surface area contributed by atoms with Gasteiger partial charge in [0.25, 0.3) is 5.91 Å². The number of hydrogen-bond acceptors (Lipinski definition) is 3. The van der Waals surface area contributed by atoms with Crippen LogP contribution in [0.1, 0.15) is 36.7 Å². The fraction of sp³-hybridized carbons (Fsp3) is 0.583. The highest BCUT2D eigenvalue weighted by Gasteiger charge is 2.31. The number of ketones is 1. The van der Waals surface area contributed by atoms with E-state index >= 15 is 0 Å². The van der Waals surface area contributed by atoms with Gasteiger partial charge in [-0.1, -0.05) is 0 Å². The molecule has 1 unspecified atom stereocenters. The lowest BCUT2D eigenvalue weighted by Gasteiger charge is -2.23. The van der Waals surface area contributed by atoms with Crippen LogP contribution in [0.15, 0.2) is 12.5 Å². The van der Waals surface area contributed by atoms with Gasteiger partial charge in [0, 0.05) is 26.1 Å². The van der Waals surface area contributed by atoms with Crippen molar-refractivity contribution in [3.8, 4) is 0 Å². The van der Waals surface area contributed by atoms with Crippen molar-refractivity contribution < 1.29 is 9.59 Å². The standard InChI is InChI=1S/C12H17N3O2/c1-9(16)6-10-4-3-5-15(10)12(17)11-7-13-8-14(11)2/h7-8,10H,3-6H2,1-2H3.